The van der Waals surface area contributed by atoms with E-state index in [0.717, 1.165) is 5.75 Å². The summed E-state index contributed by atoms with van der Waals surface area (Å²) in [6.07, 6.45) is 0. The number of aryl methyl sites for hydroxylation is 2. The van der Waals surface area contributed by atoms with E-state index >= 15 is 0 Å². The van der Waals surface area contributed by atoms with Crippen LogP contribution in [0, 0.1) is 13.8 Å². The van der Waals surface area contributed by atoms with Crippen LogP contribution in [-0.2, 0) is 4.79 Å². The number of nitrogens with one attached hydrogen (secondary N) is 1. The molecule has 1 amide bonds. The van der Waals surface area contributed by atoms with Gasteiger partial charge >= 0.3 is 0 Å². The van der Waals surface area contributed by atoms with Crippen LogP contribution in [0.1, 0.15) is 57.2 Å². The minimum atomic E-state index is -0.228. The average Bonchev–Trinajstić information content (AvgIpc) is 2.22. The lowest BCUT2D eigenvalue weighted by molar-refractivity contribution is -0.124. The number of amides is 1. The Kier molecular flexibility index (Phi) is 5.21. The first-order valence-corrected chi connectivity index (χ1v) is 7.15. The lowest BCUT2D eigenvalue weighted by Crippen LogP contribution is -2.43. The Morgan fingerprint density at radius 2 is 1.70 bits per heavy atom. The molecule has 0 atom stereocenters. The van der Waals surface area contributed by atoms with E-state index in [2.05, 4.69) is 33.0 Å². The quantitative estimate of drug-likeness (QED) is 0.911. The molecule has 0 fully saturated rings. The van der Waals surface area contributed by atoms with Crippen LogP contribution in [0.5, 0.6) is 5.75 Å². The summed E-state index contributed by atoms with van der Waals surface area (Å²) in [4.78, 5) is 11.7. The Morgan fingerprint density at radius 1 is 1.20 bits per heavy atom. The van der Waals surface area contributed by atoms with Gasteiger partial charge in [0.05, 0.1) is 0 Å². The normalized spacial score (nSPS) is 11.6. The summed E-state index contributed by atoms with van der Waals surface area (Å²) in [5.74, 6) is 1.16. The molecule has 0 bridgehead atoms. The minimum absolute atomic E-state index is 0.0528. The molecule has 1 N–H and O–H groups in total. The van der Waals surface area contributed by atoms with Crippen LogP contribution in [-0.4, -0.2) is 18.1 Å². The van der Waals surface area contributed by atoms with Gasteiger partial charge in [0.2, 0.25) is 0 Å². The third-order valence-corrected chi connectivity index (χ3v) is 3.03. The second kappa shape index (κ2) is 6.29. The first kappa shape index (κ1) is 16.5. The molecule has 0 heterocycles. The molecule has 0 aromatic heterocycles. The second-order valence-electron chi connectivity index (χ2n) is 6.71. The van der Waals surface area contributed by atoms with Crippen LogP contribution in [0.15, 0.2) is 12.1 Å². The number of carbonyl (C=O) groups excluding carboxylic acids is 1. The van der Waals surface area contributed by atoms with Crippen molar-refractivity contribution in [2.45, 2.75) is 59.9 Å². The van der Waals surface area contributed by atoms with E-state index in [9.17, 15) is 4.79 Å². The summed E-state index contributed by atoms with van der Waals surface area (Å²) >= 11 is 0. The lowest BCUT2D eigenvalue weighted by Gasteiger charge is -2.21. The van der Waals surface area contributed by atoms with Gasteiger partial charge in [0.25, 0.3) is 5.91 Å². The first-order chi connectivity index (χ1) is 9.10. The molecule has 0 saturated heterocycles. The zero-order chi connectivity index (χ0) is 15.5. The summed E-state index contributed by atoms with van der Waals surface area (Å²) in [6, 6.07) is 4.01. The lowest BCUT2D eigenvalue weighted by atomic mass is 9.93. The maximum atomic E-state index is 11.7. The fourth-order valence-corrected chi connectivity index (χ4v) is 2.53. The van der Waals surface area contributed by atoms with Gasteiger partial charge in [-0.2, -0.15) is 0 Å². The van der Waals surface area contributed by atoms with Crippen molar-refractivity contribution < 1.29 is 9.53 Å². The summed E-state index contributed by atoms with van der Waals surface area (Å²) < 4.78 is 5.60. The topological polar surface area (TPSA) is 38.3 Å². The molecule has 1 aromatic rings. The molecule has 0 radical (unpaired) electrons. The van der Waals surface area contributed by atoms with E-state index in [4.69, 9.17) is 4.74 Å². The third-order valence-electron chi connectivity index (χ3n) is 3.03. The molecule has 0 aliphatic heterocycles. The van der Waals surface area contributed by atoms with Crippen LogP contribution >= 0.6 is 0 Å². The molecule has 0 aliphatic carbocycles. The first-order valence-electron chi connectivity index (χ1n) is 7.15. The van der Waals surface area contributed by atoms with Crippen LogP contribution < -0.4 is 10.1 Å². The number of ether oxygens (including phenoxy) is 1. The smallest absolute Gasteiger partial charge is 0.258 e. The van der Waals surface area contributed by atoms with E-state index < -0.39 is 0 Å². The molecular formula is C17H27NO2. The fraction of sp³-hybridized carbons (Fsp3) is 0.588. The van der Waals surface area contributed by atoms with Crippen molar-refractivity contribution in [3.8, 4) is 5.75 Å². The number of rotatable bonds is 4. The van der Waals surface area contributed by atoms with Crippen molar-refractivity contribution in [1.29, 1.82) is 0 Å². The Morgan fingerprint density at radius 3 is 2.10 bits per heavy atom. The van der Waals surface area contributed by atoms with Crippen molar-refractivity contribution in [3.63, 3.8) is 0 Å². The molecule has 0 aliphatic rings. The predicted molar refractivity (Wildman–Crippen MR) is 83.4 cm³/mol. The fourth-order valence-electron chi connectivity index (χ4n) is 2.53. The van der Waals surface area contributed by atoms with E-state index in [1.807, 2.05) is 32.9 Å². The van der Waals surface area contributed by atoms with Crippen LogP contribution in [0.3, 0.4) is 0 Å². The number of hydrogen-bond donors (Lipinski definition) is 1. The van der Waals surface area contributed by atoms with E-state index in [1.165, 1.54) is 16.7 Å². The van der Waals surface area contributed by atoms with Gasteiger partial charge < -0.3 is 10.1 Å². The highest BCUT2D eigenvalue weighted by Gasteiger charge is 2.14. The highest BCUT2D eigenvalue weighted by Crippen LogP contribution is 2.27. The summed E-state index contributed by atoms with van der Waals surface area (Å²) in [5, 5.41) is 2.88. The SMILES string of the molecule is Cc1cc(OCC(=O)NC(C)(C)C)cc(C)c1C(C)C. The van der Waals surface area contributed by atoms with Crippen LogP contribution in [0.4, 0.5) is 0 Å². The molecule has 0 spiro atoms. The molecule has 0 unspecified atom stereocenters. The molecule has 3 heteroatoms. The predicted octanol–water partition coefficient (Wildman–Crippen LogP) is 3.72. The number of benzene rings is 1. The van der Waals surface area contributed by atoms with Gasteiger partial charge in [0.15, 0.2) is 6.61 Å². The van der Waals surface area contributed by atoms with E-state index in [-0.39, 0.29) is 18.1 Å². The molecule has 1 aromatic carbocycles. The second-order valence-corrected chi connectivity index (χ2v) is 6.71. The van der Waals surface area contributed by atoms with Gasteiger partial charge in [-0.1, -0.05) is 13.8 Å². The average molecular weight is 277 g/mol. The van der Waals surface area contributed by atoms with Crippen molar-refractivity contribution in [2.75, 3.05) is 6.61 Å². The van der Waals surface area contributed by atoms with Crippen molar-refractivity contribution >= 4 is 5.91 Å². The molecule has 3 nitrogen and oxygen atoms in total. The Bertz CT molecular complexity index is 461. The summed E-state index contributed by atoms with van der Waals surface area (Å²) in [6.45, 7) is 14.5. The largest absolute Gasteiger partial charge is 0.484 e. The minimum Gasteiger partial charge on any atom is -0.484 e. The van der Waals surface area contributed by atoms with Crippen molar-refractivity contribution in [3.05, 3.63) is 28.8 Å². The number of carbonyl (C=O) groups is 1. The van der Waals surface area contributed by atoms with Crippen molar-refractivity contribution in [1.82, 2.24) is 5.32 Å². The molecule has 112 valence electrons. The van der Waals surface area contributed by atoms with Gasteiger partial charge in [-0.05, 0) is 69.4 Å². The Hall–Kier alpha value is -1.51. The van der Waals surface area contributed by atoms with Gasteiger partial charge in [0.1, 0.15) is 5.75 Å². The molecule has 20 heavy (non-hydrogen) atoms. The molecule has 0 saturated carbocycles. The monoisotopic (exact) mass is 277 g/mol. The Labute approximate surface area is 122 Å². The summed E-state index contributed by atoms with van der Waals surface area (Å²) in [5.41, 5.74) is 3.56. The van der Waals surface area contributed by atoms with Crippen LogP contribution in [0.2, 0.25) is 0 Å². The third kappa shape index (κ3) is 4.87. The van der Waals surface area contributed by atoms with Crippen LogP contribution in [0.25, 0.3) is 0 Å². The molecule has 1 rings (SSSR count). The van der Waals surface area contributed by atoms with Gasteiger partial charge in [0, 0.05) is 5.54 Å². The van der Waals surface area contributed by atoms with Gasteiger partial charge in [-0.25, -0.2) is 0 Å². The van der Waals surface area contributed by atoms with E-state index in [1.54, 1.807) is 0 Å². The molecular weight excluding hydrogens is 250 g/mol. The van der Waals surface area contributed by atoms with E-state index in [0.29, 0.717) is 5.92 Å². The van der Waals surface area contributed by atoms with Gasteiger partial charge in [-0.15, -0.1) is 0 Å². The van der Waals surface area contributed by atoms with Crippen molar-refractivity contribution in [2.24, 2.45) is 0 Å². The highest BCUT2D eigenvalue weighted by molar-refractivity contribution is 5.78. The maximum Gasteiger partial charge on any atom is 0.258 e. The summed E-state index contributed by atoms with van der Waals surface area (Å²) in [7, 11) is 0. The zero-order valence-electron chi connectivity index (χ0n) is 13.8. The Balaban J connectivity index is 2.73. The number of hydrogen-bond acceptors (Lipinski definition) is 2. The standard InChI is InChI=1S/C17H27NO2/c1-11(2)16-12(3)8-14(9-13(16)4)20-10-15(19)18-17(5,6)7/h8-9,11H,10H2,1-7H3,(H,18,19). The van der Waals surface area contributed by atoms with Gasteiger partial charge in [-0.3, -0.25) is 4.79 Å². The maximum absolute atomic E-state index is 11.7. The zero-order valence-corrected chi connectivity index (χ0v) is 13.8. The highest BCUT2D eigenvalue weighted by atomic mass is 16.5.